The Bertz CT molecular complexity index is 778. The van der Waals surface area contributed by atoms with Gasteiger partial charge in [-0.2, -0.15) is 13.2 Å². The van der Waals surface area contributed by atoms with E-state index >= 15 is 0 Å². The quantitative estimate of drug-likeness (QED) is 0.380. The molecule has 1 atom stereocenters. The number of hydrogen-bond donors (Lipinski definition) is 1. The highest BCUT2D eigenvalue weighted by Crippen LogP contribution is 2.37. The second-order valence-electron chi connectivity index (χ2n) is 9.02. The van der Waals surface area contributed by atoms with E-state index in [9.17, 15) is 18.3 Å². The van der Waals surface area contributed by atoms with Crippen LogP contribution in [0.15, 0.2) is 47.4 Å². The molecule has 1 aromatic carbocycles. The van der Waals surface area contributed by atoms with E-state index in [0.717, 1.165) is 80.9 Å². The minimum atomic E-state index is -4.38. The van der Waals surface area contributed by atoms with Gasteiger partial charge in [-0.1, -0.05) is 26.7 Å². The van der Waals surface area contributed by atoms with Gasteiger partial charge in [-0.3, -0.25) is 0 Å². The van der Waals surface area contributed by atoms with Crippen molar-refractivity contribution in [3.63, 3.8) is 0 Å². The lowest BCUT2D eigenvalue weighted by Crippen LogP contribution is -2.32. The van der Waals surface area contributed by atoms with Crippen molar-refractivity contribution in [1.29, 1.82) is 0 Å². The Morgan fingerprint density at radius 2 is 1.61 bits per heavy atom. The van der Waals surface area contributed by atoms with E-state index in [-0.39, 0.29) is 12.5 Å². The predicted molar refractivity (Wildman–Crippen MR) is 127 cm³/mol. The lowest BCUT2D eigenvalue weighted by Gasteiger charge is -2.35. The fourth-order valence-corrected chi connectivity index (χ4v) is 3.97. The molecule has 4 nitrogen and oxygen atoms in total. The van der Waals surface area contributed by atoms with Gasteiger partial charge in [0, 0.05) is 19.0 Å². The number of ether oxygens (including phenoxy) is 1. The molecule has 1 unspecified atom stereocenters. The molecule has 7 heteroatoms. The van der Waals surface area contributed by atoms with E-state index in [1.807, 2.05) is 20.2 Å². The zero-order valence-electron chi connectivity index (χ0n) is 20.4. The van der Waals surface area contributed by atoms with Gasteiger partial charge in [0.25, 0.3) is 0 Å². The third-order valence-electron chi connectivity index (χ3n) is 5.91. The molecule has 33 heavy (non-hydrogen) atoms. The van der Waals surface area contributed by atoms with Crippen molar-refractivity contribution in [3.8, 4) is 5.75 Å². The number of aliphatic hydroxyl groups is 1. The fourth-order valence-electron chi connectivity index (χ4n) is 3.97. The summed E-state index contributed by atoms with van der Waals surface area (Å²) in [6.07, 6.45) is 3.35. The molecule has 0 saturated carbocycles. The van der Waals surface area contributed by atoms with Crippen LogP contribution in [0, 0.1) is 5.92 Å². The van der Waals surface area contributed by atoms with Gasteiger partial charge in [0.15, 0.2) is 0 Å². The van der Waals surface area contributed by atoms with Crippen LogP contribution in [0.4, 0.5) is 13.2 Å². The van der Waals surface area contributed by atoms with Crippen LogP contribution in [0.1, 0.15) is 57.9 Å². The van der Waals surface area contributed by atoms with Crippen molar-refractivity contribution in [3.05, 3.63) is 52.9 Å². The molecule has 0 radical (unpaired) electrons. The zero-order valence-corrected chi connectivity index (χ0v) is 20.4. The van der Waals surface area contributed by atoms with Crippen LogP contribution < -0.4 is 4.74 Å². The van der Waals surface area contributed by atoms with Crippen LogP contribution in [0.25, 0.3) is 0 Å². The summed E-state index contributed by atoms with van der Waals surface area (Å²) >= 11 is 0. The number of rotatable bonds is 13. The third kappa shape index (κ3) is 8.38. The van der Waals surface area contributed by atoms with Crippen LogP contribution in [0.2, 0.25) is 0 Å². The minimum absolute atomic E-state index is 0.00901. The maximum atomic E-state index is 13.0. The van der Waals surface area contributed by atoms with E-state index in [2.05, 4.69) is 23.6 Å². The first-order valence-electron chi connectivity index (χ1n) is 12.0. The monoisotopic (exact) mass is 468 g/mol. The van der Waals surface area contributed by atoms with E-state index in [1.54, 1.807) is 0 Å². The minimum Gasteiger partial charge on any atom is -0.459 e. The van der Waals surface area contributed by atoms with Gasteiger partial charge in [0.05, 0.1) is 17.9 Å². The molecule has 1 N–H and O–H groups in total. The van der Waals surface area contributed by atoms with Crippen LogP contribution in [0.5, 0.6) is 5.75 Å². The Hall–Kier alpha value is -1.99. The number of unbranched alkanes of at least 4 members (excludes halogenated alkanes) is 2. The predicted octanol–water partition coefficient (Wildman–Crippen LogP) is 6.09. The van der Waals surface area contributed by atoms with Crippen molar-refractivity contribution in [2.24, 2.45) is 5.92 Å². The number of nitrogens with zero attached hydrogens (tertiary/aromatic N) is 2. The first kappa shape index (κ1) is 27.3. The molecule has 0 aromatic heterocycles. The van der Waals surface area contributed by atoms with Crippen molar-refractivity contribution in [2.75, 3.05) is 40.3 Å². The molecule has 1 aliphatic rings. The van der Waals surface area contributed by atoms with E-state index in [1.165, 1.54) is 12.1 Å². The molecule has 0 fully saturated rings. The number of allylic oxidation sites excluding steroid dienone is 2. The van der Waals surface area contributed by atoms with Gasteiger partial charge in [0.2, 0.25) is 0 Å². The van der Waals surface area contributed by atoms with E-state index < -0.39 is 11.7 Å². The summed E-state index contributed by atoms with van der Waals surface area (Å²) in [5, 5.41) is 9.95. The molecule has 0 aliphatic heterocycles. The fraction of sp³-hybridized carbons (Fsp3) is 0.615. The molecule has 1 aliphatic carbocycles. The van der Waals surface area contributed by atoms with Crippen molar-refractivity contribution in [1.82, 2.24) is 9.80 Å². The molecule has 2 rings (SSSR count). The molecular formula is C26H39F3N2O2. The smallest absolute Gasteiger partial charge is 0.416 e. The Kier molecular flexibility index (Phi) is 10.8. The highest BCUT2D eigenvalue weighted by atomic mass is 19.4. The Morgan fingerprint density at radius 3 is 2.09 bits per heavy atom. The number of halogens is 3. The topological polar surface area (TPSA) is 35.9 Å². The molecule has 0 saturated heterocycles. The maximum absolute atomic E-state index is 13.0. The number of hydrogen-bond acceptors (Lipinski definition) is 4. The van der Waals surface area contributed by atoms with Crippen LogP contribution >= 0.6 is 0 Å². The first-order valence-corrected chi connectivity index (χ1v) is 12.0. The molecular weight excluding hydrogens is 429 g/mol. The van der Waals surface area contributed by atoms with Crippen LogP contribution in [-0.4, -0.2) is 55.2 Å². The van der Waals surface area contributed by atoms with Gasteiger partial charge in [-0.05, 0) is 82.2 Å². The van der Waals surface area contributed by atoms with Crippen LogP contribution in [0.3, 0.4) is 0 Å². The lowest BCUT2D eigenvalue weighted by molar-refractivity contribution is -0.137. The lowest BCUT2D eigenvalue weighted by atomic mass is 9.87. The summed E-state index contributed by atoms with van der Waals surface area (Å²) in [6, 6.07) is 4.91. The largest absolute Gasteiger partial charge is 0.459 e. The molecule has 0 bridgehead atoms. The maximum Gasteiger partial charge on any atom is 0.416 e. The SMILES string of the molecule is CCCCN(CCCC)C1=C(Oc2ccc(C(F)(F)F)cc2)C(CCN(C)C)CC(CO)=C1. The molecule has 1 aromatic rings. The molecule has 186 valence electrons. The van der Waals surface area contributed by atoms with Gasteiger partial charge < -0.3 is 19.6 Å². The summed E-state index contributed by atoms with van der Waals surface area (Å²) in [5.74, 6) is 1.24. The normalized spacial score (nSPS) is 16.9. The van der Waals surface area contributed by atoms with E-state index in [0.29, 0.717) is 12.2 Å². The van der Waals surface area contributed by atoms with Gasteiger partial charge in [-0.15, -0.1) is 0 Å². The molecule has 0 amide bonds. The summed E-state index contributed by atoms with van der Waals surface area (Å²) in [7, 11) is 4.03. The number of alkyl halides is 3. The standard InChI is InChI=1S/C26H39F3N2O2/c1-5-7-14-31(15-8-6-2)24-18-20(19-32)17-21(13-16-30(3)4)25(24)33-23-11-9-22(10-12-23)26(27,28)29/h9-12,18,21,32H,5-8,13-17,19H2,1-4H3. The Morgan fingerprint density at radius 1 is 1.00 bits per heavy atom. The number of aliphatic hydroxyl groups excluding tert-OH is 1. The average Bonchev–Trinajstić information content (AvgIpc) is 2.78. The van der Waals surface area contributed by atoms with Crippen LogP contribution in [-0.2, 0) is 6.18 Å². The molecule has 0 spiro atoms. The average molecular weight is 469 g/mol. The summed E-state index contributed by atoms with van der Waals surface area (Å²) in [4.78, 5) is 4.43. The van der Waals surface area contributed by atoms with Crippen molar-refractivity contribution >= 4 is 0 Å². The Labute approximate surface area is 196 Å². The molecule has 0 heterocycles. The van der Waals surface area contributed by atoms with Gasteiger partial charge >= 0.3 is 6.18 Å². The third-order valence-corrected chi connectivity index (χ3v) is 5.91. The second kappa shape index (κ2) is 13.0. The van der Waals surface area contributed by atoms with Gasteiger partial charge in [0.1, 0.15) is 11.5 Å². The van der Waals surface area contributed by atoms with Crippen molar-refractivity contribution < 1.29 is 23.0 Å². The Balaban J connectivity index is 2.48. The summed E-state index contributed by atoms with van der Waals surface area (Å²) < 4.78 is 45.4. The highest BCUT2D eigenvalue weighted by molar-refractivity contribution is 5.37. The second-order valence-corrected chi connectivity index (χ2v) is 9.02. The van der Waals surface area contributed by atoms with Gasteiger partial charge in [-0.25, -0.2) is 0 Å². The first-order chi connectivity index (χ1) is 15.7. The number of benzene rings is 1. The van der Waals surface area contributed by atoms with E-state index in [4.69, 9.17) is 4.74 Å². The highest BCUT2D eigenvalue weighted by Gasteiger charge is 2.31. The summed E-state index contributed by atoms with van der Waals surface area (Å²) in [5.41, 5.74) is 1.23. The zero-order chi connectivity index (χ0) is 24.4. The van der Waals surface area contributed by atoms with Crippen molar-refractivity contribution in [2.45, 2.75) is 58.5 Å². The summed E-state index contributed by atoms with van der Waals surface area (Å²) in [6.45, 7) is 6.90.